The summed E-state index contributed by atoms with van der Waals surface area (Å²) in [5.41, 5.74) is 1.67. The van der Waals surface area contributed by atoms with Crippen molar-refractivity contribution in [1.29, 1.82) is 0 Å². The normalized spacial score (nSPS) is 15.7. The van der Waals surface area contributed by atoms with Gasteiger partial charge in [0.1, 0.15) is 6.10 Å². The lowest BCUT2D eigenvalue weighted by Gasteiger charge is -2.21. The van der Waals surface area contributed by atoms with Crippen LogP contribution in [-0.2, 0) is 9.53 Å². The van der Waals surface area contributed by atoms with Gasteiger partial charge in [0.05, 0.1) is 0 Å². The standard InChI is InChI=1S/C10H16O2.C4H8/c1-8(2)10(11)12-9-6-4-3-5-7-9;1-4(2)3/h9H,1,3-7H2,2H3;1H2,2-3H3. The molecule has 1 aliphatic carbocycles. The van der Waals surface area contributed by atoms with E-state index in [0.29, 0.717) is 5.57 Å². The Hall–Kier alpha value is -1.05. The monoisotopic (exact) mass is 224 g/mol. The SMILES string of the molecule is C=C(C)C.C=C(C)C(=O)OC1CCCCC1. The smallest absolute Gasteiger partial charge is 0.333 e. The fraction of sp³-hybridized carbons (Fsp3) is 0.643. The molecule has 16 heavy (non-hydrogen) atoms. The zero-order valence-corrected chi connectivity index (χ0v) is 10.8. The molecule has 0 atom stereocenters. The number of rotatable bonds is 2. The minimum atomic E-state index is -0.234. The van der Waals surface area contributed by atoms with Crippen LogP contribution in [0.2, 0.25) is 0 Å². The zero-order valence-electron chi connectivity index (χ0n) is 10.8. The number of carbonyl (C=O) groups is 1. The van der Waals surface area contributed by atoms with Crippen molar-refractivity contribution >= 4 is 5.97 Å². The largest absolute Gasteiger partial charge is 0.459 e. The third kappa shape index (κ3) is 8.27. The third-order valence-corrected chi connectivity index (χ3v) is 2.17. The second kappa shape index (κ2) is 8.14. The summed E-state index contributed by atoms with van der Waals surface area (Å²) in [6, 6.07) is 0. The van der Waals surface area contributed by atoms with Crippen molar-refractivity contribution < 1.29 is 9.53 Å². The van der Waals surface area contributed by atoms with Crippen LogP contribution in [0.15, 0.2) is 24.3 Å². The molecule has 0 aromatic heterocycles. The number of hydrogen-bond acceptors (Lipinski definition) is 2. The summed E-state index contributed by atoms with van der Waals surface area (Å²) in [5.74, 6) is -0.234. The molecule has 0 aromatic carbocycles. The van der Waals surface area contributed by atoms with Crippen LogP contribution in [0.1, 0.15) is 52.9 Å². The maximum Gasteiger partial charge on any atom is 0.333 e. The molecule has 0 amide bonds. The summed E-state index contributed by atoms with van der Waals surface area (Å²) in [7, 11) is 0. The van der Waals surface area contributed by atoms with E-state index >= 15 is 0 Å². The molecule has 2 nitrogen and oxygen atoms in total. The van der Waals surface area contributed by atoms with Crippen LogP contribution < -0.4 is 0 Å². The fourth-order valence-corrected chi connectivity index (χ4v) is 1.43. The van der Waals surface area contributed by atoms with E-state index in [2.05, 4.69) is 13.2 Å². The second-order valence-corrected chi connectivity index (χ2v) is 4.65. The molecule has 0 bridgehead atoms. The maximum absolute atomic E-state index is 11.1. The molecule has 1 aliphatic rings. The molecule has 1 saturated carbocycles. The van der Waals surface area contributed by atoms with Gasteiger partial charge in [0.25, 0.3) is 0 Å². The quantitative estimate of drug-likeness (QED) is 0.402. The van der Waals surface area contributed by atoms with Gasteiger partial charge in [-0.3, -0.25) is 0 Å². The van der Waals surface area contributed by atoms with Crippen molar-refractivity contribution in [3.8, 4) is 0 Å². The average Bonchev–Trinajstić information content (AvgIpc) is 2.18. The Balaban J connectivity index is 0.000000487. The maximum atomic E-state index is 11.1. The van der Waals surface area contributed by atoms with Crippen molar-refractivity contribution in [2.45, 2.75) is 59.0 Å². The van der Waals surface area contributed by atoms with Gasteiger partial charge in [-0.2, -0.15) is 0 Å². The first kappa shape index (κ1) is 14.9. The molecular weight excluding hydrogens is 200 g/mol. The molecule has 1 fully saturated rings. The van der Waals surface area contributed by atoms with E-state index in [9.17, 15) is 4.79 Å². The van der Waals surface area contributed by atoms with E-state index in [-0.39, 0.29) is 12.1 Å². The van der Waals surface area contributed by atoms with Gasteiger partial charge in [-0.05, 0) is 46.5 Å². The number of allylic oxidation sites excluding steroid dienone is 1. The lowest BCUT2D eigenvalue weighted by molar-refractivity contribution is -0.145. The summed E-state index contributed by atoms with van der Waals surface area (Å²) < 4.78 is 5.21. The average molecular weight is 224 g/mol. The van der Waals surface area contributed by atoms with E-state index in [4.69, 9.17) is 4.74 Å². The first-order valence-electron chi connectivity index (χ1n) is 5.92. The van der Waals surface area contributed by atoms with Gasteiger partial charge in [-0.15, -0.1) is 6.58 Å². The molecule has 1 rings (SSSR count). The molecular formula is C14H24O2. The minimum absolute atomic E-state index is 0.156. The number of ether oxygens (including phenoxy) is 1. The lowest BCUT2D eigenvalue weighted by Crippen LogP contribution is -2.20. The van der Waals surface area contributed by atoms with E-state index in [1.807, 2.05) is 13.8 Å². The van der Waals surface area contributed by atoms with Gasteiger partial charge < -0.3 is 4.74 Å². The van der Waals surface area contributed by atoms with Gasteiger partial charge in [-0.25, -0.2) is 4.79 Å². The Morgan fingerprint density at radius 2 is 1.50 bits per heavy atom. The third-order valence-electron chi connectivity index (χ3n) is 2.17. The highest BCUT2D eigenvalue weighted by Gasteiger charge is 2.17. The summed E-state index contributed by atoms with van der Waals surface area (Å²) in [6.45, 7) is 12.7. The second-order valence-electron chi connectivity index (χ2n) is 4.65. The molecule has 0 heterocycles. The highest BCUT2D eigenvalue weighted by molar-refractivity contribution is 5.87. The summed E-state index contributed by atoms with van der Waals surface area (Å²) in [6.07, 6.45) is 5.87. The molecule has 0 radical (unpaired) electrons. The number of carbonyl (C=O) groups excluding carboxylic acids is 1. The van der Waals surface area contributed by atoms with Crippen LogP contribution in [0.4, 0.5) is 0 Å². The summed E-state index contributed by atoms with van der Waals surface area (Å²) in [5, 5.41) is 0. The Kier molecular flexibility index (Phi) is 7.61. The topological polar surface area (TPSA) is 26.3 Å². The minimum Gasteiger partial charge on any atom is -0.459 e. The number of esters is 1. The van der Waals surface area contributed by atoms with Gasteiger partial charge in [0.15, 0.2) is 0 Å². The Labute approximate surface area is 99.4 Å². The van der Waals surface area contributed by atoms with Crippen molar-refractivity contribution in [3.63, 3.8) is 0 Å². The van der Waals surface area contributed by atoms with Crippen LogP contribution >= 0.6 is 0 Å². The van der Waals surface area contributed by atoms with Gasteiger partial charge >= 0.3 is 5.97 Å². The molecule has 0 spiro atoms. The molecule has 2 heteroatoms. The van der Waals surface area contributed by atoms with Crippen LogP contribution in [0, 0.1) is 0 Å². The van der Waals surface area contributed by atoms with Crippen molar-refractivity contribution in [2.75, 3.05) is 0 Å². The van der Waals surface area contributed by atoms with Crippen molar-refractivity contribution in [2.24, 2.45) is 0 Å². The first-order valence-corrected chi connectivity index (χ1v) is 5.92. The first-order chi connectivity index (χ1) is 7.43. The van der Waals surface area contributed by atoms with E-state index < -0.39 is 0 Å². The Morgan fingerprint density at radius 3 is 1.88 bits per heavy atom. The Morgan fingerprint density at radius 1 is 1.06 bits per heavy atom. The van der Waals surface area contributed by atoms with Crippen molar-refractivity contribution in [1.82, 2.24) is 0 Å². The van der Waals surface area contributed by atoms with Gasteiger partial charge in [0, 0.05) is 5.57 Å². The van der Waals surface area contributed by atoms with Gasteiger partial charge in [0.2, 0.25) is 0 Å². The molecule has 0 aromatic rings. The van der Waals surface area contributed by atoms with Crippen LogP contribution in [0.3, 0.4) is 0 Å². The molecule has 92 valence electrons. The predicted octanol–water partition coefficient (Wildman–Crippen LogP) is 4.02. The summed E-state index contributed by atoms with van der Waals surface area (Å²) >= 11 is 0. The van der Waals surface area contributed by atoms with Crippen molar-refractivity contribution in [3.05, 3.63) is 24.3 Å². The highest BCUT2D eigenvalue weighted by Crippen LogP contribution is 2.20. The molecule has 0 unspecified atom stereocenters. The summed E-state index contributed by atoms with van der Waals surface area (Å²) in [4.78, 5) is 11.1. The zero-order chi connectivity index (χ0) is 12.6. The van der Waals surface area contributed by atoms with Crippen LogP contribution in [-0.4, -0.2) is 12.1 Å². The van der Waals surface area contributed by atoms with E-state index in [1.165, 1.54) is 24.8 Å². The highest BCUT2D eigenvalue weighted by atomic mass is 16.5. The molecule has 0 aliphatic heterocycles. The Bertz CT molecular complexity index is 243. The van der Waals surface area contributed by atoms with Gasteiger partial charge in [-0.1, -0.05) is 18.6 Å². The van der Waals surface area contributed by atoms with Crippen LogP contribution in [0.5, 0.6) is 0 Å². The predicted molar refractivity (Wildman–Crippen MR) is 68.3 cm³/mol. The van der Waals surface area contributed by atoms with E-state index in [1.54, 1.807) is 6.92 Å². The lowest BCUT2D eigenvalue weighted by atomic mass is 9.98. The molecule has 0 N–H and O–H groups in total. The fourth-order valence-electron chi connectivity index (χ4n) is 1.43. The number of hydrogen-bond donors (Lipinski definition) is 0. The van der Waals surface area contributed by atoms with Crippen LogP contribution in [0.25, 0.3) is 0 Å². The van der Waals surface area contributed by atoms with E-state index in [0.717, 1.165) is 12.8 Å². The molecule has 0 saturated heterocycles.